The van der Waals surface area contributed by atoms with Crippen LogP contribution in [0.15, 0.2) is 60.7 Å². The minimum atomic E-state index is -0.123. The third-order valence-corrected chi connectivity index (χ3v) is 6.73. The van der Waals surface area contributed by atoms with E-state index in [1.54, 1.807) is 16.9 Å². The number of nitrogens with one attached hydrogen (secondary N) is 1. The number of fused-ring (bicyclic) bond motifs is 1. The minimum absolute atomic E-state index is 0.0257. The summed E-state index contributed by atoms with van der Waals surface area (Å²) in [7, 11) is 1.61. The van der Waals surface area contributed by atoms with Crippen LogP contribution < -0.4 is 10.1 Å². The fourth-order valence-corrected chi connectivity index (χ4v) is 4.50. The van der Waals surface area contributed by atoms with E-state index in [0.29, 0.717) is 43.9 Å². The van der Waals surface area contributed by atoms with Gasteiger partial charge < -0.3 is 19.9 Å². The van der Waals surface area contributed by atoms with Gasteiger partial charge in [-0.3, -0.25) is 14.4 Å². The molecule has 1 N–H and O–H groups in total. The van der Waals surface area contributed by atoms with Gasteiger partial charge in [0.05, 0.1) is 24.8 Å². The molecule has 1 aliphatic heterocycles. The first-order valence-corrected chi connectivity index (χ1v) is 12.1. The number of amides is 3. The summed E-state index contributed by atoms with van der Waals surface area (Å²) >= 11 is 0. The molecular formula is C28H29N3O4. The van der Waals surface area contributed by atoms with Gasteiger partial charge in [0.2, 0.25) is 11.8 Å². The van der Waals surface area contributed by atoms with E-state index < -0.39 is 0 Å². The second kappa shape index (κ2) is 9.78. The molecule has 0 atom stereocenters. The number of methoxy groups -OCH3 is 1. The van der Waals surface area contributed by atoms with Crippen LogP contribution in [0.4, 0.5) is 5.69 Å². The van der Waals surface area contributed by atoms with Gasteiger partial charge in [-0.25, -0.2) is 0 Å². The molecule has 3 amide bonds. The van der Waals surface area contributed by atoms with Gasteiger partial charge in [0.1, 0.15) is 5.75 Å². The molecule has 0 aromatic heterocycles. The molecule has 0 unspecified atom stereocenters. The van der Waals surface area contributed by atoms with Gasteiger partial charge in [-0.1, -0.05) is 36.4 Å². The molecule has 7 heteroatoms. The molecule has 1 saturated carbocycles. The Morgan fingerprint density at radius 2 is 1.57 bits per heavy atom. The summed E-state index contributed by atoms with van der Waals surface area (Å²) in [4.78, 5) is 42.4. The van der Waals surface area contributed by atoms with E-state index in [-0.39, 0.29) is 23.6 Å². The Hall–Kier alpha value is -3.87. The number of piperazine rings is 1. The largest absolute Gasteiger partial charge is 0.497 e. The van der Waals surface area contributed by atoms with Crippen LogP contribution >= 0.6 is 0 Å². The van der Waals surface area contributed by atoms with Crippen LogP contribution in [0.2, 0.25) is 0 Å². The van der Waals surface area contributed by atoms with Crippen molar-refractivity contribution < 1.29 is 19.1 Å². The van der Waals surface area contributed by atoms with Crippen LogP contribution in [-0.4, -0.2) is 60.8 Å². The fraction of sp³-hybridized carbons (Fsp3) is 0.321. The molecule has 35 heavy (non-hydrogen) atoms. The molecule has 0 spiro atoms. The van der Waals surface area contributed by atoms with Crippen molar-refractivity contribution in [2.75, 3.05) is 38.6 Å². The number of carbonyl (C=O) groups excluding carboxylic acids is 3. The molecule has 3 aromatic carbocycles. The van der Waals surface area contributed by atoms with Crippen LogP contribution in [0.1, 0.15) is 28.8 Å². The number of carbonyl (C=O) groups is 3. The maximum Gasteiger partial charge on any atom is 0.256 e. The van der Waals surface area contributed by atoms with E-state index in [1.807, 2.05) is 60.7 Å². The van der Waals surface area contributed by atoms with Crippen LogP contribution in [0.25, 0.3) is 10.8 Å². The average molecular weight is 472 g/mol. The van der Waals surface area contributed by atoms with Crippen molar-refractivity contribution in [2.24, 2.45) is 5.92 Å². The zero-order valence-electron chi connectivity index (χ0n) is 19.8. The topological polar surface area (TPSA) is 79.0 Å². The Bertz CT molecular complexity index is 1280. The molecule has 2 aliphatic rings. The fourth-order valence-electron chi connectivity index (χ4n) is 4.50. The first kappa shape index (κ1) is 22.9. The van der Waals surface area contributed by atoms with Crippen molar-refractivity contribution in [3.05, 3.63) is 71.8 Å². The molecule has 0 radical (unpaired) electrons. The van der Waals surface area contributed by atoms with Gasteiger partial charge in [0, 0.05) is 32.1 Å². The highest BCUT2D eigenvalue weighted by molar-refractivity contribution is 6.08. The Kier molecular flexibility index (Phi) is 6.40. The number of benzene rings is 3. The smallest absolute Gasteiger partial charge is 0.256 e. The lowest BCUT2D eigenvalue weighted by atomic mass is 10.0. The van der Waals surface area contributed by atoms with E-state index in [1.165, 1.54) is 0 Å². The molecule has 7 nitrogen and oxygen atoms in total. The number of rotatable bonds is 6. The number of hydrogen-bond acceptors (Lipinski definition) is 4. The van der Waals surface area contributed by atoms with Crippen molar-refractivity contribution in [3.8, 4) is 5.75 Å². The van der Waals surface area contributed by atoms with Gasteiger partial charge >= 0.3 is 0 Å². The van der Waals surface area contributed by atoms with Crippen molar-refractivity contribution in [2.45, 2.75) is 19.3 Å². The molecule has 2 fully saturated rings. The summed E-state index contributed by atoms with van der Waals surface area (Å²) in [5.74, 6) is 0.659. The number of ether oxygens (including phenoxy) is 1. The SMILES string of the molecule is COc1cccc(CC(=O)N2CCN(C(=O)c3cc4ccccc4cc3NC(=O)C3CC3)CC2)c1. The van der Waals surface area contributed by atoms with E-state index in [9.17, 15) is 14.4 Å². The van der Waals surface area contributed by atoms with E-state index in [4.69, 9.17) is 4.74 Å². The third-order valence-electron chi connectivity index (χ3n) is 6.73. The van der Waals surface area contributed by atoms with Crippen molar-refractivity contribution >= 4 is 34.2 Å². The van der Waals surface area contributed by atoms with Crippen molar-refractivity contribution in [3.63, 3.8) is 0 Å². The molecule has 1 heterocycles. The number of nitrogens with zero attached hydrogens (tertiary/aromatic N) is 2. The van der Waals surface area contributed by atoms with E-state index >= 15 is 0 Å². The highest BCUT2D eigenvalue weighted by Gasteiger charge is 2.31. The molecular weight excluding hydrogens is 442 g/mol. The summed E-state index contributed by atoms with van der Waals surface area (Å²) in [6.45, 7) is 1.86. The second-order valence-electron chi connectivity index (χ2n) is 9.21. The Morgan fingerprint density at radius 3 is 2.26 bits per heavy atom. The standard InChI is InChI=1S/C28H29N3O4/c1-35-23-8-4-5-19(15-23)16-26(32)30-11-13-31(14-12-30)28(34)24-17-21-6-2-3-7-22(21)18-25(24)29-27(33)20-9-10-20/h2-8,15,17-18,20H,9-14,16H2,1H3,(H,29,33). The Balaban J connectivity index is 1.28. The average Bonchev–Trinajstić information content (AvgIpc) is 3.74. The molecule has 180 valence electrons. The quantitative estimate of drug-likeness (QED) is 0.594. The number of hydrogen-bond donors (Lipinski definition) is 1. The van der Waals surface area contributed by atoms with E-state index in [2.05, 4.69) is 5.32 Å². The molecule has 0 bridgehead atoms. The molecule has 3 aromatic rings. The third kappa shape index (κ3) is 5.14. The van der Waals surface area contributed by atoms with Crippen LogP contribution in [0.5, 0.6) is 5.75 Å². The van der Waals surface area contributed by atoms with Gasteiger partial charge in [-0.2, -0.15) is 0 Å². The van der Waals surface area contributed by atoms with Gasteiger partial charge in [-0.05, 0) is 53.4 Å². The maximum atomic E-state index is 13.5. The predicted molar refractivity (Wildman–Crippen MR) is 134 cm³/mol. The predicted octanol–water partition coefficient (Wildman–Crippen LogP) is 3.72. The zero-order valence-corrected chi connectivity index (χ0v) is 19.8. The summed E-state index contributed by atoms with van der Waals surface area (Å²) in [6, 6.07) is 19.1. The molecule has 1 saturated heterocycles. The molecule has 5 rings (SSSR count). The maximum absolute atomic E-state index is 13.5. The Labute approximate surface area is 204 Å². The first-order chi connectivity index (χ1) is 17.0. The summed E-state index contributed by atoms with van der Waals surface area (Å²) < 4.78 is 5.25. The van der Waals surface area contributed by atoms with Crippen LogP contribution in [0.3, 0.4) is 0 Å². The van der Waals surface area contributed by atoms with E-state index in [0.717, 1.165) is 34.9 Å². The normalized spacial score (nSPS) is 15.7. The highest BCUT2D eigenvalue weighted by atomic mass is 16.5. The van der Waals surface area contributed by atoms with Gasteiger partial charge in [-0.15, -0.1) is 0 Å². The minimum Gasteiger partial charge on any atom is -0.497 e. The molecule has 1 aliphatic carbocycles. The lowest BCUT2D eigenvalue weighted by Crippen LogP contribution is -2.51. The zero-order chi connectivity index (χ0) is 24.4. The van der Waals surface area contributed by atoms with Gasteiger partial charge in [0.15, 0.2) is 0 Å². The lowest BCUT2D eigenvalue weighted by Gasteiger charge is -2.35. The van der Waals surface area contributed by atoms with Crippen LogP contribution in [0, 0.1) is 5.92 Å². The summed E-state index contributed by atoms with van der Waals surface area (Å²) in [5.41, 5.74) is 1.95. The number of anilines is 1. The first-order valence-electron chi connectivity index (χ1n) is 12.1. The van der Waals surface area contributed by atoms with Gasteiger partial charge in [0.25, 0.3) is 5.91 Å². The van der Waals surface area contributed by atoms with Crippen molar-refractivity contribution in [1.82, 2.24) is 9.80 Å². The summed E-state index contributed by atoms with van der Waals surface area (Å²) in [5, 5.41) is 4.91. The lowest BCUT2D eigenvalue weighted by molar-refractivity contribution is -0.132. The monoisotopic (exact) mass is 471 g/mol. The Morgan fingerprint density at radius 1 is 0.886 bits per heavy atom. The second-order valence-corrected chi connectivity index (χ2v) is 9.21. The van der Waals surface area contributed by atoms with Crippen LogP contribution in [-0.2, 0) is 16.0 Å². The summed E-state index contributed by atoms with van der Waals surface area (Å²) in [6.07, 6.45) is 2.09. The van der Waals surface area contributed by atoms with Crippen molar-refractivity contribution in [1.29, 1.82) is 0 Å². The highest BCUT2D eigenvalue weighted by Crippen LogP contribution is 2.32.